The second kappa shape index (κ2) is 6.06. The van der Waals surface area contributed by atoms with Crippen LogP contribution in [-0.2, 0) is 0 Å². The van der Waals surface area contributed by atoms with Gasteiger partial charge in [0.1, 0.15) is 33.9 Å². The molecule has 0 saturated carbocycles. The Morgan fingerprint density at radius 3 is 2.33 bits per heavy atom. The van der Waals surface area contributed by atoms with Crippen LogP contribution in [0.5, 0.6) is 5.75 Å². The number of benzene rings is 1. The molecule has 0 atom stereocenters. The summed E-state index contributed by atoms with van der Waals surface area (Å²) in [7, 11) is 0. The minimum absolute atomic E-state index is 0.118. The third-order valence-corrected chi connectivity index (χ3v) is 3.15. The molecular weight excluding hydrogens is 288 g/mol. The number of aromatic amines is 1. The molecule has 4 N–H and O–H groups in total. The van der Waals surface area contributed by atoms with E-state index in [1.54, 1.807) is 24.3 Å². The van der Waals surface area contributed by atoms with Crippen molar-refractivity contribution in [3.05, 3.63) is 40.0 Å². The molecule has 0 saturated heterocycles. The zero-order valence-corrected chi connectivity index (χ0v) is 11.6. The monoisotopic (exact) mass is 298 g/mol. The van der Waals surface area contributed by atoms with Gasteiger partial charge in [-0.2, -0.15) is 10.5 Å². The van der Waals surface area contributed by atoms with Crippen LogP contribution >= 0.6 is 12.2 Å². The molecule has 0 radical (unpaired) electrons. The van der Waals surface area contributed by atoms with Crippen LogP contribution in [0.2, 0.25) is 0 Å². The first kappa shape index (κ1) is 14.5. The van der Waals surface area contributed by atoms with Gasteiger partial charge in [0.15, 0.2) is 6.79 Å². The van der Waals surface area contributed by atoms with Gasteiger partial charge in [-0.1, -0.05) is 24.4 Å². The van der Waals surface area contributed by atoms with Gasteiger partial charge in [-0.15, -0.1) is 0 Å². The number of anilines is 1. The quantitative estimate of drug-likeness (QED) is 0.589. The van der Waals surface area contributed by atoms with Crippen molar-refractivity contribution >= 4 is 18.0 Å². The number of aliphatic hydroxyl groups excluding tert-OH is 1. The summed E-state index contributed by atoms with van der Waals surface area (Å²) in [6.45, 7) is -0.435. The summed E-state index contributed by atoms with van der Waals surface area (Å²) in [5, 5.41) is 27.2. The number of H-pyrrole nitrogens is 1. The molecule has 0 unspecified atom stereocenters. The maximum atomic E-state index is 9.27. The number of hydrogen-bond donors (Lipinski definition) is 3. The standard InChI is InChI=1S/C14H10N4O2S/c15-5-10-12(11(6-16)14(21)18-13(10)17)8-1-3-9(4-2-8)20-7-19/h1-4,19H,7H2,(H3,17,18,21). The van der Waals surface area contributed by atoms with Crippen molar-refractivity contribution in [1.82, 2.24) is 4.98 Å². The molecule has 104 valence electrons. The molecule has 2 aromatic rings. The number of aliphatic hydroxyl groups is 1. The highest BCUT2D eigenvalue weighted by molar-refractivity contribution is 7.71. The van der Waals surface area contributed by atoms with Gasteiger partial charge < -0.3 is 20.6 Å². The number of nitriles is 2. The summed E-state index contributed by atoms with van der Waals surface area (Å²) in [6.07, 6.45) is 0. The third kappa shape index (κ3) is 2.70. The predicted molar refractivity (Wildman–Crippen MR) is 78.6 cm³/mol. The van der Waals surface area contributed by atoms with Gasteiger partial charge in [-0.25, -0.2) is 0 Å². The molecule has 21 heavy (non-hydrogen) atoms. The highest BCUT2D eigenvalue weighted by atomic mass is 32.1. The molecule has 0 aliphatic heterocycles. The van der Waals surface area contributed by atoms with Crippen molar-refractivity contribution < 1.29 is 9.84 Å². The smallest absolute Gasteiger partial charge is 0.186 e. The van der Waals surface area contributed by atoms with E-state index in [4.69, 9.17) is 27.8 Å². The summed E-state index contributed by atoms with van der Waals surface area (Å²) in [5.41, 5.74) is 7.11. The van der Waals surface area contributed by atoms with Crippen LogP contribution in [-0.4, -0.2) is 16.9 Å². The van der Waals surface area contributed by atoms with Gasteiger partial charge in [0.2, 0.25) is 0 Å². The lowest BCUT2D eigenvalue weighted by Crippen LogP contribution is -2.01. The maximum Gasteiger partial charge on any atom is 0.186 e. The average Bonchev–Trinajstić information content (AvgIpc) is 2.48. The van der Waals surface area contributed by atoms with E-state index < -0.39 is 6.79 Å². The van der Waals surface area contributed by atoms with E-state index >= 15 is 0 Å². The van der Waals surface area contributed by atoms with Crippen LogP contribution in [0.4, 0.5) is 5.82 Å². The van der Waals surface area contributed by atoms with Crippen LogP contribution in [0, 0.1) is 27.3 Å². The fourth-order valence-electron chi connectivity index (χ4n) is 1.92. The number of nitrogens with two attached hydrogens (primary N) is 1. The maximum absolute atomic E-state index is 9.27. The number of hydrogen-bond acceptors (Lipinski definition) is 6. The van der Waals surface area contributed by atoms with E-state index in [9.17, 15) is 10.5 Å². The fourth-order valence-corrected chi connectivity index (χ4v) is 2.18. The lowest BCUT2D eigenvalue weighted by Gasteiger charge is -2.10. The first-order valence-corrected chi connectivity index (χ1v) is 6.23. The van der Waals surface area contributed by atoms with Crippen molar-refractivity contribution in [1.29, 1.82) is 10.5 Å². The first-order chi connectivity index (χ1) is 10.1. The molecule has 2 rings (SSSR count). The number of rotatable bonds is 3. The number of nitrogen functional groups attached to an aromatic ring is 1. The Morgan fingerprint density at radius 1 is 1.19 bits per heavy atom. The van der Waals surface area contributed by atoms with E-state index in [0.717, 1.165) is 0 Å². The summed E-state index contributed by atoms with van der Waals surface area (Å²) in [6, 6.07) is 10.5. The lowest BCUT2D eigenvalue weighted by atomic mass is 9.97. The van der Waals surface area contributed by atoms with Gasteiger partial charge in [-0.05, 0) is 17.7 Å². The normalized spacial score (nSPS) is 9.67. The predicted octanol–water partition coefficient (Wildman–Crippen LogP) is 2.07. The molecule has 6 nitrogen and oxygen atoms in total. The molecule has 1 aromatic carbocycles. The van der Waals surface area contributed by atoms with Gasteiger partial charge >= 0.3 is 0 Å². The Kier molecular flexibility index (Phi) is 4.19. The molecule has 0 fully saturated rings. The number of aromatic nitrogens is 1. The summed E-state index contributed by atoms with van der Waals surface area (Å²) >= 11 is 5.08. The number of nitrogens with one attached hydrogen (secondary N) is 1. The van der Waals surface area contributed by atoms with Gasteiger partial charge in [0, 0.05) is 5.56 Å². The molecule has 0 aliphatic carbocycles. The summed E-state index contributed by atoms with van der Waals surface area (Å²) < 4.78 is 5.11. The van der Waals surface area contributed by atoms with Crippen LogP contribution in [0.25, 0.3) is 11.1 Å². The molecular formula is C14H10N4O2S. The van der Waals surface area contributed by atoms with E-state index in [1.165, 1.54) is 0 Å². The van der Waals surface area contributed by atoms with Crippen molar-refractivity contribution in [2.75, 3.05) is 12.5 Å². The van der Waals surface area contributed by atoms with E-state index in [0.29, 0.717) is 16.9 Å². The van der Waals surface area contributed by atoms with Crippen LogP contribution in [0.3, 0.4) is 0 Å². The summed E-state index contributed by atoms with van der Waals surface area (Å²) in [5.74, 6) is 0.583. The molecule has 0 bridgehead atoms. The molecule has 0 spiro atoms. The Morgan fingerprint density at radius 2 is 1.81 bits per heavy atom. The van der Waals surface area contributed by atoms with Crippen molar-refractivity contribution in [3.8, 4) is 29.0 Å². The number of ether oxygens (including phenoxy) is 1. The average molecular weight is 298 g/mol. The number of pyridine rings is 1. The Hall–Kier alpha value is -2.87. The Labute approximate surface area is 125 Å². The van der Waals surface area contributed by atoms with E-state index in [1.807, 2.05) is 12.1 Å². The fraction of sp³-hybridized carbons (Fsp3) is 0.0714. The topological polar surface area (TPSA) is 119 Å². The van der Waals surface area contributed by atoms with Gasteiger partial charge in [0.05, 0.1) is 5.56 Å². The third-order valence-electron chi connectivity index (χ3n) is 2.84. The molecule has 0 aliphatic rings. The van der Waals surface area contributed by atoms with Crippen LogP contribution < -0.4 is 10.5 Å². The second-order valence-electron chi connectivity index (χ2n) is 4.01. The Balaban J connectivity index is 2.71. The molecule has 1 heterocycles. The molecule has 1 aromatic heterocycles. The minimum Gasteiger partial charge on any atom is -0.468 e. The second-order valence-corrected chi connectivity index (χ2v) is 4.42. The van der Waals surface area contributed by atoms with Gasteiger partial charge in [0.25, 0.3) is 0 Å². The Bertz CT molecular complexity index is 813. The van der Waals surface area contributed by atoms with Crippen molar-refractivity contribution in [2.45, 2.75) is 0 Å². The molecule has 7 heteroatoms. The van der Waals surface area contributed by atoms with E-state index in [-0.39, 0.29) is 21.6 Å². The van der Waals surface area contributed by atoms with E-state index in [2.05, 4.69) is 4.98 Å². The highest BCUT2D eigenvalue weighted by Crippen LogP contribution is 2.31. The van der Waals surface area contributed by atoms with Crippen molar-refractivity contribution in [3.63, 3.8) is 0 Å². The zero-order valence-electron chi connectivity index (χ0n) is 10.8. The van der Waals surface area contributed by atoms with Crippen LogP contribution in [0.1, 0.15) is 11.1 Å². The zero-order chi connectivity index (χ0) is 15.4. The van der Waals surface area contributed by atoms with Crippen LogP contribution in [0.15, 0.2) is 24.3 Å². The highest BCUT2D eigenvalue weighted by Gasteiger charge is 2.16. The number of nitrogens with zero attached hydrogens (tertiary/aromatic N) is 2. The molecule has 0 amide bonds. The van der Waals surface area contributed by atoms with Crippen molar-refractivity contribution in [2.24, 2.45) is 0 Å². The summed E-state index contributed by atoms with van der Waals surface area (Å²) in [4.78, 5) is 2.64. The minimum atomic E-state index is -0.435. The SMILES string of the molecule is N#Cc1c(N)[nH]c(=S)c(C#N)c1-c1ccc(OCO)cc1. The first-order valence-electron chi connectivity index (χ1n) is 5.82. The lowest BCUT2D eigenvalue weighted by molar-refractivity contribution is 0.0985. The largest absolute Gasteiger partial charge is 0.468 e. The van der Waals surface area contributed by atoms with Gasteiger partial charge in [-0.3, -0.25) is 0 Å².